The minimum atomic E-state index is -0.527. The van der Waals surface area contributed by atoms with Crippen LogP contribution in [0, 0.1) is 0 Å². The van der Waals surface area contributed by atoms with Gasteiger partial charge in [0.1, 0.15) is 11.5 Å². The molecule has 19 heavy (non-hydrogen) atoms. The van der Waals surface area contributed by atoms with Crippen LogP contribution < -0.4 is 22.3 Å². The van der Waals surface area contributed by atoms with Crippen LogP contribution in [0.15, 0.2) is 9.59 Å². The van der Waals surface area contributed by atoms with E-state index in [2.05, 4.69) is 10.3 Å². The number of nitrogen functional groups attached to an aromatic ring is 1. The number of aliphatic hydroxyl groups is 1. The van der Waals surface area contributed by atoms with E-state index in [1.54, 1.807) is 6.92 Å². The molecule has 0 fully saturated rings. The van der Waals surface area contributed by atoms with Gasteiger partial charge in [0, 0.05) is 13.1 Å². The van der Waals surface area contributed by atoms with Gasteiger partial charge in [-0.05, 0) is 19.8 Å². The first-order valence-electron chi connectivity index (χ1n) is 6.51. The van der Waals surface area contributed by atoms with E-state index in [1.807, 2.05) is 6.92 Å². The van der Waals surface area contributed by atoms with E-state index in [4.69, 9.17) is 5.73 Å². The van der Waals surface area contributed by atoms with Gasteiger partial charge in [0.2, 0.25) is 0 Å². The number of unbranched alkanes of at least 4 members (excludes halogenated alkanes) is 1. The van der Waals surface area contributed by atoms with Gasteiger partial charge >= 0.3 is 5.69 Å². The Morgan fingerprint density at radius 3 is 2.74 bits per heavy atom. The Morgan fingerprint density at radius 1 is 1.47 bits per heavy atom. The van der Waals surface area contributed by atoms with E-state index < -0.39 is 17.4 Å². The Morgan fingerprint density at radius 2 is 2.16 bits per heavy atom. The number of aromatic nitrogens is 2. The van der Waals surface area contributed by atoms with Gasteiger partial charge in [-0.1, -0.05) is 13.3 Å². The fourth-order valence-electron chi connectivity index (χ4n) is 1.70. The van der Waals surface area contributed by atoms with Crippen molar-refractivity contribution in [2.24, 2.45) is 0 Å². The number of H-pyrrole nitrogens is 1. The van der Waals surface area contributed by atoms with Gasteiger partial charge in [0.25, 0.3) is 5.56 Å². The highest BCUT2D eigenvalue weighted by molar-refractivity contribution is 5.60. The van der Waals surface area contributed by atoms with Crippen LogP contribution in [0.4, 0.5) is 11.5 Å². The fraction of sp³-hybridized carbons (Fsp3) is 0.667. The number of anilines is 2. The van der Waals surface area contributed by atoms with Crippen LogP contribution in [0.5, 0.6) is 0 Å². The number of nitrogens with two attached hydrogens (primary N) is 1. The number of nitrogens with one attached hydrogen (secondary N) is 2. The first kappa shape index (κ1) is 15.3. The quantitative estimate of drug-likeness (QED) is 0.561. The average molecular weight is 270 g/mol. The highest BCUT2D eigenvalue weighted by Gasteiger charge is 2.11. The molecule has 7 nitrogen and oxygen atoms in total. The molecule has 1 aromatic heterocycles. The maximum absolute atomic E-state index is 11.7. The molecule has 1 aromatic rings. The fourth-order valence-corrected chi connectivity index (χ4v) is 1.70. The molecule has 0 aromatic carbocycles. The molecule has 0 spiro atoms. The van der Waals surface area contributed by atoms with Gasteiger partial charge in [-0.25, -0.2) is 4.79 Å². The minimum Gasteiger partial charge on any atom is -0.393 e. The molecule has 0 radical (unpaired) electrons. The third-order valence-corrected chi connectivity index (χ3v) is 2.84. The Labute approximate surface area is 111 Å². The van der Waals surface area contributed by atoms with E-state index >= 15 is 0 Å². The summed E-state index contributed by atoms with van der Waals surface area (Å²) in [6.45, 7) is 4.56. The third-order valence-electron chi connectivity index (χ3n) is 2.84. The van der Waals surface area contributed by atoms with Gasteiger partial charge in [-0.2, -0.15) is 0 Å². The SMILES string of the molecule is CCCCn1c(N)c(NCCC(C)O)c(=O)[nH]c1=O. The number of hydrogen-bond donors (Lipinski definition) is 4. The monoisotopic (exact) mass is 270 g/mol. The normalized spacial score (nSPS) is 12.4. The molecule has 5 N–H and O–H groups in total. The molecular weight excluding hydrogens is 248 g/mol. The number of aromatic amines is 1. The maximum atomic E-state index is 11.7. The molecule has 0 aliphatic carbocycles. The van der Waals surface area contributed by atoms with Crippen LogP contribution in [-0.4, -0.2) is 27.3 Å². The molecule has 1 unspecified atom stereocenters. The summed E-state index contributed by atoms with van der Waals surface area (Å²) >= 11 is 0. The lowest BCUT2D eigenvalue weighted by Gasteiger charge is -2.14. The summed E-state index contributed by atoms with van der Waals surface area (Å²) in [4.78, 5) is 25.6. The molecule has 0 bridgehead atoms. The van der Waals surface area contributed by atoms with E-state index in [0.29, 0.717) is 19.5 Å². The predicted molar refractivity (Wildman–Crippen MR) is 75.4 cm³/mol. The lowest BCUT2D eigenvalue weighted by molar-refractivity contribution is 0.188. The van der Waals surface area contributed by atoms with Gasteiger partial charge < -0.3 is 16.2 Å². The Bertz CT molecular complexity index is 519. The predicted octanol–water partition coefficient (Wildman–Crippen LogP) is 0.102. The lowest BCUT2D eigenvalue weighted by atomic mass is 10.3. The molecule has 108 valence electrons. The van der Waals surface area contributed by atoms with Crippen LogP contribution in [0.25, 0.3) is 0 Å². The van der Waals surface area contributed by atoms with Crippen LogP contribution >= 0.6 is 0 Å². The Hall–Kier alpha value is -1.76. The summed E-state index contributed by atoms with van der Waals surface area (Å²) < 4.78 is 1.36. The second-order valence-electron chi connectivity index (χ2n) is 4.59. The summed E-state index contributed by atoms with van der Waals surface area (Å²) in [5.41, 5.74) is 5.04. The third kappa shape index (κ3) is 4.13. The van der Waals surface area contributed by atoms with Crippen molar-refractivity contribution < 1.29 is 5.11 Å². The van der Waals surface area contributed by atoms with Crippen molar-refractivity contribution in [1.29, 1.82) is 0 Å². The average Bonchev–Trinajstić information content (AvgIpc) is 2.32. The Kier molecular flexibility index (Phi) is 5.62. The van der Waals surface area contributed by atoms with E-state index in [0.717, 1.165) is 12.8 Å². The summed E-state index contributed by atoms with van der Waals surface area (Å²) in [5, 5.41) is 12.0. The summed E-state index contributed by atoms with van der Waals surface area (Å²) in [5.74, 6) is 0.146. The molecule has 0 aliphatic rings. The molecule has 1 atom stereocenters. The summed E-state index contributed by atoms with van der Waals surface area (Å²) in [6.07, 6.45) is 1.77. The molecule has 1 rings (SSSR count). The molecule has 0 saturated heterocycles. The number of aliphatic hydroxyl groups excluding tert-OH is 1. The van der Waals surface area contributed by atoms with E-state index in [-0.39, 0.29) is 11.5 Å². The number of nitrogens with zero attached hydrogens (tertiary/aromatic N) is 1. The molecule has 0 saturated carbocycles. The van der Waals surface area contributed by atoms with E-state index in [1.165, 1.54) is 4.57 Å². The van der Waals surface area contributed by atoms with Crippen LogP contribution in [0.3, 0.4) is 0 Å². The highest BCUT2D eigenvalue weighted by Crippen LogP contribution is 2.11. The van der Waals surface area contributed by atoms with Crippen LogP contribution in [0.2, 0.25) is 0 Å². The zero-order valence-electron chi connectivity index (χ0n) is 11.4. The van der Waals surface area contributed by atoms with Crippen molar-refractivity contribution in [3.8, 4) is 0 Å². The maximum Gasteiger partial charge on any atom is 0.330 e. The van der Waals surface area contributed by atoms with Crippen molar-refractivity contribution in [3.63, 3.8) is 0 Å². The Balaban J connectivity index is 2.97. The van der Waals surface area contributed by atoms with Crippen LogP contribution in [0.1, 0.15) is 33.1 Å². The van der Waals surface area contributed by atoms with Crippen molar-refractivity contribution in [2.75, 3.05) is 17.6 Å². The lowest BCUT2D eigenvalue weighted by Crippen LogP contribution is -2.34. The number of rotatable bonds is 7. The molecule has 1 heterocycles. The summed E-state index contributed by atoms with van der Waals surface area (Å²) in [6, 6.07) is 0. The largest absolute Gasteiger partial charge is 0.393 e. The molecule has 0 amide bonds. The highest BCUT2D eigenvalue weighted by atomic mass is 16.3. The van der Waals surface area contributed by atoms with Gasteiger partial charge in [-0.3, -0.25) is 14.3 Å². The van der Waals surface area contributed by atoms with Gasteiger partial charge in [0.15, 0.2) is 0 Å². The molecular formula is C12H22N4O3. The van der Waals surface area contributed by atoms with Crippen molar-refractivity contribution in [2.45, 2.75) is 45.8 Å². The van der Waals surface area contributed by atoms with Gasteiger partial charge in [0.05, 0.1) is 6.10 Å². The number of hydrogen-bond acceptors (Lipinski definition) is 5. The first-order chi connectivity index (χ1) is 8.97. The first-order valence-corrected chi connectivity index (χ1v) is 6.51. The van der Waals surface area contributed by atoms with Crippen LogP contribution in [-0.2, 0) is 6.54 Å². The van der Waals surface area contributed by atoms with Crippen molar-refractivity contribution in [1.82, 2.24) is 9.55 Å². The van der Waals surface area contributed by atoms with Gasteiger partial charge in [-0.15, -0.1) is 0 Å². The van der Waals surface area contributed by atoms with E-state index in [9.17, 15) is 14.7 Å². The van der Waals surface area contributed by atoms with Crippen molar-refractivity contribution >= 4 is 11.5 Å². The molecule has 7 heteroatoms. The zero-order valence-corrected chi connectivity index (χ0v) is 11.4. The molecule has 0 aliphatic heterocycles. The van der Waals surface area contributed by atoms with Crippen molar-refractivity contribution in [3.05, 3.63) is 20.8 Å². The zero-order chi connectivity index (χ0) is 14.4. The minimum absolute atomic E-state index is 0.146. The topological polar surface area (TPSA) is 113 Å². The summed E-state index contributed by atoms with van der Waals surface area (Å²) in [7, 11) is 0. The smallest absolute Gasteiger partial charge is 0.330 e. The standard InChI is InChI=1S/C12H22N4O3/c1-3-4-7-16-10(13)9(11(18)15-12(16)19)14-6-5-8(2)17/h8,14,17H,3-7,13H2,1-2H3,(H,15,18,19). The second kappa shape index (κ2) is 6.98. The second-order valence-corrected chi connectivity index (χ2v) is 4.59.